The van der Waals surface area contributed by atoms with Gasteiger partial charge in [0.2, 0.25) is 0 Å². The highest BCUT2D eigenvalue weighted by Gasteiger charge is 2.43. The van der Waals surface area contributed by atoms with Gasteiger partial charge in [-0.1, -0.05) is 112 Å². The highest BCUT2D eigenvalue weighted by atomic mass is 19.2. The molecule has 1 heterocycles. The van der Waals surface area contributed by atoms with E-state index in [2.05, 4.69) is 54.3 Å². The Morgan fingerprint density at radius 1 is 0.912 bits per heavy atom. The van der Waals surface area contributed by atoms with Gasteiger partial charge in [-0.05, 0) is 49.0 Å². The van der Waals surface area contributed by atoms with Gasteiger partial charge >= 0.3 is 0 Å². The number of anilines is 1. The molecule has 0 radical (unpaired) electrons. The van der Waals surface area contributed by atoms with Crippen LogP contribution >= 0.6 is 0 Å². The average Bonchev–Trinajstić information content (AvgIpc) is 3.74. The minimum absolute atomic E-state index is 0.549. The molecule has 2 aliphatic carbocycles. The molecule has 0 bridgehead atoms. The van der Waals surface area contributed by atoms with Gasteiger partial charge in [-0.3, -0.25) is 0 Å². The highest BCUT2D eigenvalue weighted by molar-refractivity contribution is 5.54. The van der Waals surface area contributed by atoms with Crippen LogP contribution in [0, 0.1) is 0 Å². The van der Waals surface area contributed by atoms with Gasteiger partial charge in [0, 0.05) is 18.8 Å². The lowest BCUT2D eigenvalue weighted by Gasteiger charge is -2.41. The summed E-state index contributed by atoms with van der Waals surface area (Å²) in [4.78, 5) is 2.28. The highest BCUT2D eigenvalue weighted by Crippen LogP contribution is 2.40. The van der Waals surface area contributed by atoms with Crippen molar-refractivity contribution in [3.05, 3.63) is 89.5 Å². The second kappa shape index (κ2) is 12.9. The summed E-state index contributed by atoms with van der Waals surface area (Å²) in [5.74, 6) is 0. The Balaban J connectivity index is 0.000000588. The Morgan fingerprint density at radius 3 is 2.21 bits per heavy atom. The van der Waals surface area contributed by atoms with Crippen molar-refractivity contribution in [1.82, 2.24) is 10.2 Å². The zero-order valence-corrected chi connectivity index (χ0v) is 21.5. The second-order valence-electron chi connectivity index (χ2n) is 9.02. The summed E-state index contributed by atoms with van der Waals surface area (Å²) >= 11 is 0. The Labute approximate surface area is 206 Å². The van der Waals surface area contributed by atoms with Gasteiger partial charge < -0.3 is 4.90 Å². The predicted octanol–water partition coefficient (Wildman–Crippen LogP) is 7.82. The van der Waals surface area contributed by atoms with Crippen molar-refractivity contribution in [2.45, 2.75) is 71.8 Å². The third kappa shape index (κ3) is 6.17. The van der Waals surface area contributed by atoms with Crippen molar-refractivity contribution >= 4 is 5.69 Å². The first-order valence-electron chi connectivity index (χ1n) is 13.1. The summed E-state index contributed by atoms with van der Waals surface area (Å²) in [7, 11) is 0. The number of hydrogen-bond acceptors (Lipinski definition) is 3. The van der Waals surface area contributed by atoms with Crippen molar-refractivity contribution in [3.63, 3.8) is 0 Å². The molecule has 3 aliphatic rings. The molecule has 1 saturated carbocycles. The van der Waals surface area contributed by atoms with Crippen LogP contribution in [0.15, 0.2) is 78.4 Å². The first kappa shape index (κ1) is 26.2. The molecule has 2 fully saturated rings. The molecule has 1 unspecified atom stereocenters. The van der Waals surface area contributed by atoms with E-state index in [4.69, 9.17) is 0 Å². The number of para-hydroxylation sites is 1. The maximum atomic E-state index is 16.2. The molecule has 0 N–H and O–H groups in total. The number of halogens is 1. The molecule has 0 amide bonds. The van der Waals surface area contributed by atoms with Crippen LogP contribution in [0.5, 0.6) is 0 Å². The summed E-state index contributed by atoms with van der Waals surface area (Å²) in [5.41, 5.74) is 3.66. The molecule has 34 heavy (non-hydrogen) atoms. The van der Waals surface area contributed by atoms with Gasteiger partial charge in [0.05, 0.1) is 6.67 Å². The van der Waals surface area contributed by atoms with Crippen molar-refractivity contribution in [2.75, 3.05) is 24.7 Å². The number of rotatable bonds is 6. The summed E-state index contributed by atoms with van der Waals surface area (Å²) in [6.07, 6.45) is 13.9. The maximum absolute atomic E-state index is 16.2. The Morgan fingerprint density at radius 2 is 1.59 bits per heavy atom. The molecule has 184 valence electrons. The average molecular weight is 464 g/mol. The molecule has 4 heteroatoms. The van der Waals surface area contributed by atoms with E-state index in [1.54, 1.807) is 0 Å². The molecule has 2 aromatic rings. The molecule has 5 rings (SSSR count). The largest absolute Gasteiger partial charge is 0.356 e. The molecule has 1 saturated heterocycles. The van der Waals surface area contributed by atoms with E-state index < -0.39 is 5.54 Å². The van der Waals surface area contributed by atoms with Gasteiger partial charge in [-0.25, -0.2) is 0 Å². The lowest BCUT2D eigenvalue weighted by molar-refractivity contribution is -0.218. The van der Waals surface area contributed by atoms with Crippen molar-refractivity contribution in [1.29, 1.82) is 0 Å². The van der Waals surface area contributed by atoms with Crippen LogP contribution in [0.3, 0.4) is 0 Å². The Hall–Kier alpha value is -2.43. The lowest BCUT2D eigenvalue weighted by atomic mass is 9.82. The fourth-order valence-electron chi connectivity index (χ4n) is 4.43. The van der Waals surface area contributed by atoms with E-state index in [9.17, 15) is 0 Å². The zero-order valence-electron chi connectivity index (χ0n) is 21.5. The summed E-state index contributed by atoms with van der Waals surface area (Å²) in [6.45, 7) is 10.2. The fraction of sp³-hybridized carbons (Fsp3) is 0.467. The van der Waals surface area contributed by atoms with Gasteiger partial charge in [-0.15, -0.1) is 4.48 Å². The predicted molar refractivity (Wildman–Crippen MR) is 143 cm³/mol. The summed E-state index contributed by atoms with van der Waals surface area (Å²) in [5, 5.41) is 2.81. The molecule has 3 nitrogen and oxygen atoms in total. The maximum Gasteiger partial charge on any atom is 0.114 e. The van der Waals surface area contributed by atoms with Crippen molar-refractivity contribution in [2.24, 2.45) is 0 Å². The number of benzene rings is 2. The number of nitrogens with zero attached hydrogens (tertiary/aromatic N) is 3. The van der Waals surface area contributed by atoms with Crippen LogP contribution < -0.4 is 4.90 Å². The van der Waals surface area contributed by atoms with E-state index in [0.717, 1.165) is 42.2 Å². The first-order chi connectivity index (χ1) is 16.6. The van der Waals surface area contributed by atoms with Crippen LogP contribution in [-0.4, -0.2) is 30.0 Å². The molecular weight excluding hydrogens is 421 g/mol. The van der Waals surface area contributed by atoms with Crippen molar-refractivity contribution in [3.8, 4) is 0 Å². The van der Waals surface area contributed by atoms with E-state index >= 15 is 4.48 Å². The number of aryl methyl sites for hydroxylation is 1. The Kier molecular flexibility index (Phi) is 9.91. The minimum atomic E-state index is -0.849. The molecule has 0 aromatic heterocycles. The first-order valence-corrected chi connectivity index (χ1v) is 13.1. The zero-order chi connectivity index (χ0) is 24.4. The van der Waals surface area contributed by atoms with E-state index in [1.165, 1.54) is 30.5 Å². The second-order valence-corrected chi connectivity index (χ2v) is 9.02. The van der Waals surface area contributed by atoms with Crippen LogP contribution in [0.1, 0.15) is 70.9 Å². The molecule has 1 atom stereocenters. The monoisotopic (exact) mass is 463 g/mol. The van der Waals surface area contributed by atoms with Crippen molar-refractivity contribution < 1.29 is 4.48 Å². The summed E-state index contributed by atoms with van der Waals surface area (Å²) < 4.78 is 16.2. The van der Waals surface area contributed by atoms with Gasteiger partial charge in [0.25, 0.3) is 0 Å². The quantitative estimate of drug-likeness (QED) is 0.404. The fourth-order valence-corrected chi connectivity index (χ4v) is 4.43. The van der Waals surface area contributed by atoms with Crippen LogP contribution in [0.2, 0.25) is 0 Å². The van der Waals surface area contributed by atoms with E-state index in [-0.39, 0.29) is 0 Å². The number of hydrogen-bond donors (Lipinski definition) is 0. The third-order valence-electron chi connectivity index (χ3n) is 6.54. The molecule has 1 aliphatic heterocycles. The third-order valence-corrected chi connectivity index (χ3v) is 6.54. The lowest BCUT2D eigenvalue weighted by Crippen LogP contribution is -2.50. The van der Waals surface area contributed by atoms with E-state index in [1.807, 2.05) is 56.1 Å². The number of hydrazine groups is 1. The van der Waals surface area contributed by atoms with Crippen LogP contribution in [0.4, 0.5) is 10.2 Å². The smallest absolute Gasteiger partial charge is 0.114 e. The van der Waals surface area contributed by atoms with Gasteiger partial charge in [0.15, 0.2) is 0 Å². The molecule has 0 spiro atoms. The van der Waals surface area contributed by atoms with Gasteiger partial charge in [0.1, 0.15) is 5.54 Å². The standard InChI is InChI=1S/C25H30FN3.C3H6.C2H6/c1-3-21-12-10-11-17-24(21)27-18-19-28(20-27)29(26)25(2,22-13-6-4-7-14-22)23-15-8-5-9-16-23;1-2-3-1;1-2/h4,6-8,10-17H,3,5,9,18-20H2,1-2H3;1-3H2;1-2H3. The minimum Gasteiger partial charge on any atom is -0.356 e. The topological polar surface area (TPSA) is 9.72 Å². The normalized spacial score (nSPS) is 18.9. The number of allylic oxidation sites excluding steroid dienone is 2. The Bertz CT molecular complexity index is 934. The van der Waals surface area contributed by atoms with Crippen LogP contribution in [-0.2, 0) is 12.0 Å². The molecular formula is C30H42FN3. The molecule has 2 aromatic carbocycles. The van der Waals surface area contributed by atoms with Crippen LogP contribution in [0.25, 0.3) is 0 Å². The van der Waals surface area contributed by atoms with E-state index in [0.29, 0.717) is 13.2 Å². The SMILES string of the molecule is C1CC1.CC.CCc1ccccc1N1CCN(N(F)C(C)(C2=CCCC=C2)c2ccccc2)C1. The summed E-state index contributed by atoms with van der Waals surface area (Å²) in [6, 6.07) is 18.5. The van der Waals surface area contributed by atoms with Gasteiger partial charge in [-0.2, -0.15) is 5.01 Å².